The van der Waals surface area contributed by atoms with E-state index in [2.05, 4.69) is 12.2 Å². The number of benzene rings is 1. The summed E-state index contributed by atoms with van der Waals surface area (Å²) < 4.78 is 5.31. The zero-order chi connectivity index (χ0) is 13.4. The Balaban J connectivity index is 2.32. The Morgan fingerprint density at radius 3 is 2.83 bits per heavy atom. The second kappa shape index (κ2) is 7.71. The zero-order valence-corrected chi connectivity index (χ0v) is 11.0. The molecule has 0 heterocycles. The number of rotatable bonds is 7. The van der Waals surface area contributed by atoms with Crippen molar-refractivity contribution < 1.29 is 14.6 Å². The van der Waals surface area contributed by atoms with Crippen molar-refractivity contribution in [3.63, 3.8) is 0 Å². The van der Waals surface area contributed by atoms with Gasteiger partial charge >= 0.3 is 0 Å². The van der Waals surface area contributed by atoms with E-state index >= 15 is 0 Å². The van der Waals surface area contributed by atoms with E-state index in [1.807, 2.05) is 6.92 Å². The first-order valence-corrected chi connectivity index (χ1v) is 6.30. The fourth-order valence-electron chi connectivity index (χ4n) is 1.55. The lowest BCUT2D eigenvalue weighted by Gasteiger charge is -2.07. The molecule has 0 fully saturated rings. The third kappa shape index (κ3) is 4.75. The number of carbonyl (C=O) groups excluding carboxylic acids is 1. The number of phenols is 1. The lowest BCUT2D eigenvalue weighted by molar-refractivity contribution is 0.0939. The van der Waals surface area contributed by atoms with Gasteiger partial charge in [0.25, 0.3) is 5.91 Å². The summed E-state index contributed by atoms with van der Waals surface area (Å²) in [6, 6.07) is 5.02. The van der Waals surface area contributed by atoms with E-state index in [-0.39, 0.29) is 11.7 Å². The zero-order valence-electron chi connectivity index (χ0n) is 11.0. The molecule has 0 spiro atoms. The number of hydrogen-bond donors (Lipinski definition) is 2. The average Bonchev–Trinajstić information content (AvgIpc) is 2.33. The van der Waals surface area contributed by atoms with Gasteiger partial charge in [0.2, 0.25) is 0 Å². The summed E-state index contributed by atoms with van der Waals surface area (Å²) in [4.78, 5) is 11.8. The van der Waals surface area contributed by atoms with E-state index in [1.165, 1.54) is 0 Å². The Hall–Kier alpha value is -1.55. The fraction of sp³-hybridized carbons (Fsp3) is 0.500. The predicted molar refractivity (Wildman–Crippen MR) is 70.9 cm³/mol. The molecule has 0 saturated heterocycles. The maximum Gasteiger partial charge on any atom is 0.255 e. The summed E-state index contributed by atoms with van der Waals surface area (Å²) in [5, 5.41) is 12.4. The predicted octanol–water partition coefficient (Wildman–Crippen LogP) is 2.25. The molecule has 1 aromatic carbocycles. The van der Waals surface area contributed by atoms with Crippen LogP contribution in [0.2, 0.25) is 0 Å². The summed E-state index contributed by atoms with van der Waals surface area (Å²) in [5.74, 6) is -0.224. The van der Waals surface area contributed by atoms with Crippen molar-refractivity contribution in [3.05, 3.63) is 29.3 Å². The molecule has 0 bridgehead atoms. The standard InChI is InChI=1S/C14H21NO3/c1-3-8-18-9-4-7-15-14(17)12-6-5-11(2)10-13(12)16/h5-6,10,16H,3-4,7-9H2,1-2H3,(H,15,17). The molecule has 4 heteroatoms. The quantitative estimate of drug-likeness (QED) is 0.731. The number of aryl methyl sites for hydroxylation is 1. The molecule has 18 heavy (non-hydrogen) atoms. The lowest BCUT2D eigenvalue weighted by atomic mass is 10.1. The van der Waals surface area contributed by atoms with Gasteiger partial charge in [0, 0.05) is 19.8 Å². The summed E-state index contributed by atoms with van der Waals surface area (Å²) in [6.07, 6.45) is 1.78. The molecule has 100 valence electrons. The van der Waals surface area contributed by atoms with Gasteiger partial charge in [0.15, 0.2) is 0 Å². The molecule has 0 aliphatic heterocycles. The van der Waals surface area contributed by atoms with Crippen LogP contribution in [0.1, 0.15) is 35.7 Å². The fourth-order valence-corrected chi connectivity index (χ4v) is 1.55. The number of ether oxygens (including phenoxy) is 1. The number of aromatic hydroxyl groups is 1. The van der Waals surface area contributed by atoms with Crippen LogP contribution in [-0.2, 0) is 4.74 Å². The molecule has 0 radical (unpaired) electrons. The highest BCUT2D eigenvalue weighted by atomic mass is 16.5. The topological polar surface area (TPSA) is 58.6 Å². The summed E-state index contributed by atoms with van der Waals surface area (Å²) in [7, 11) is 0. The molecular weight excluding hydrogens is 230 g/mol. The first kappa shape index (κ1) is 14.5. The molecule has 0 unspecified atom stereocenters. The van der Waals surface area contributed by atoms with Gasteiger partial charge in [-0.05, 0) is 37.5 Å². The SMILES string of the molecule is CCCOCCCNC(=O)c1ccc(C)cc1O. The molecule has 0 aliphatic carbocycles. The minimum Gasteiger partial charge on any atom is -0.507 e. The molecule has 1 aromatic rings. The van der Waals surface area contributed by atoms with Gasteiger partial charge in [-0.3, -0.25) is 4.79 Å². The Morgan fingerprint density at radius 2 is 2.17 bits per heavy atom. The molecule has 0 atom stereocenters. The van der Waals surface area contributed by atoms with Crippen LogP contribution in [0.15, 0.2) is 18.2 Å². The Bertz CT molecular complexity index is 391. The average molecular weight is 251 g/mol. The molecule has 2 N–H and O–H groups in total. The van der Waals surface area contributed by atoms with Crippen molar-refractivity contribution in [1.82, 2.24) is 5.32 Å². The third-order valence-electron chi connectivity index (χ3n) is 2.50. The van der Waals surface area contributed by atoms with E-state index in [1.54, 1.807) is 18.2 Å². The number of amides is 1. The molecular formula is C14H21NO3. The number of nitrogens with one attached hydrogen (secondary N) is 1. The normalized spacial score (nSPS) is 10.3. The van der Waals surface area contributed by atoms with E-state index in [0.29, 0.717) is 18.7 Å². The maximum absolute atomic E-state index is 11.8. The van der Waals surface area contributed by atoms with E-state index in [9.17, 15) is 9.90 Å². The minimum atomic E-state index is -0.247. The Morgan fingerprint density at radius 1 is 1.39 bits per heavy atom. The molecule has 0 aromatic heterocycles. The molecule has 1 rings (SSSR count). The van der Waals surface area contributed by atoms with E-state index in [4.69, 9.17) is 4.74 Å². The Labute approximate surface area is 108 Å². The summed E-state index contributed by atoms with van der Waals surface area (Å²) >= 11 is 0. The first-order chi connectivity index (χ1) is 8.65. The summed E-state index contributed by atoms with van der Waals surface area (Å²) in [5.41, 5.74) is 1.24. The monoisotopic (exact) mass is 251 g/mol. The van der Waals surface area contributed by atoms with Crippen LogP contribution < -0.4 is 5.32 Å². The van der Waals surface area contributed by atoms with Crippen LogP contribution in [-0.4, -0.2) is 30.8 Å². The second-order valence-corrected chi connectivity index (χ2v) is 4.24. The first-order valence-electron chi connectivity index (χ1n) is 6.30. The number of carbonyl (C=O) groups is 1. The van der Waals surface area contributed by atoms with Crippen LogP contribution in [0.4, 0.5) is 0 Å². The van der Waals surface area contributed by atoms with Gasteiger partial charge in [-0.25, -0.2) is 0 Å². The third-order valence-corrected chi connectivity index (χ3v) is 2.50. The molecule has 0 aliphatic rings. The van der Waals surface area contributed by atoms with Crippen LogP contribution in [0.25, 0.3) is 0 Å². The summed E-state index contributed by atoms with van der Waals surface area (Å²) in [6.45, 7) is 5.88. The van der Waals surface area contributed by atoms with Crippen molar-refractivity contribution in [1.29, 1.82) is 0 Å². The highest BCUT2D eigenvalue weighted by Gasteiger charge is 2.09. The molecule has 1 amide bonds. The number of hydrogen-bond acceptors (Lipinski definition) is 3. The van der Waals surface area contributed by atoms with Gasteiger partial charge < -0.3 is 15.2 Å². The van der Waals surface area contributed by atoms with Crippen molar-refractivity contribution >= 4 is 5.91 Å². The second-order valence-electron chi connectivity index (χ2n) is 4.24. The van der Waals surface area contributed by atoms with Crippen LogP contribution in [0.5, 0.6) is 5.75 Å². The highest BCUT2D eigenvalue weighted by Crippen LogP contribution is 2.17. The van der Waals surface area contributed by atoms with Gasteiger partial charge in [0.05, 0.1) is 5.56 Å². The van der Waals surface area contributed by atoms with Gasteiger partial charge in [0.1, 0.15) is 5.75 Å². The van der Waals surface area contributed by atoms with Crippen molar-refractivity contribution in [3.8, 4) is 5.75 Å². The van der Waals surface area contributed by atoms with Gasteiger partial charge in [-0.2, -0.15) is 0 Å². The number of phenolic OH excluding ortho intramolecular Hbond substituents is 1. The van der Waals surface area contributed by atoms with Crippen LogP contribution in [0, 0.1) is 6.92 Å². The van der Waals surface area contributed by atoms with Crippen molar-refractivity contribution in [2.24, 2.45) is 0 Å². The minimum absolute atomic E-state index is 0.0229. The molecule has 0 saturated carbocycles. The van der Waals surface area contributed by atoms with Gasteiger partial charge in [-0.15, -0.1) is 0 Å². The maximum atomic E-state index is 11.8. The van der Waals surface area contributed by atoms with Crippen LogP contribution >= 0.6 is 0 Å². The lowest BCUT2D eigenvalue weighted by Crippen LogP contribution is -2.25. The van der Waals surface area contributed by atoms with E-state index < -0.39 is 0 Å². The van der Waals surface area contributed by atoms with Crippen molar-refractivity contribution in [2.75, 3.05) is 19.8 Å². The van der Waals surface area contributed by atoms with Crippen molar-refractivity contribution in [2.45, 2.75) is 26.7 Å². The van der Waals surface area contributed by atoms with Gasteiger partial charge in [-0.1, -0.05) is 13.0 Å². The van der Waals surface area contributed by atoms with E-state index in [0.717, 1.165) is 25.0 Å². The van der Waals surface area contributed by atoms with Crippen LogP contribution in [0.3, 0.4) is 0 Å². The highest BCUT2D eigenvalue weighted by molar-refractivity contribution is 5.96. The Kier molecular flexibility index (Phi) is 6.22. The largest absolute Gasteiger partial charge is 0.507 e. The molecule has 4 nitrogen and oxygen atoms in total. The smallest absolute Gasteiger partial charge is 0.255 e.